The number of carbonyl (C=O) groups excluding carboxylic acids is 1. The maximum absolute atomic E-state index is 11.9. The van der Waals surface area contributed by atoms with Crippen LogP contribution in [0.4, 0.5) is 0 Å². The maximum Gasteiger partial charge on any atom is 0.220 e. The number of benzene rings is 1. The topological polar surface area (TPSA) is 55.1 Å². The van der Waals surface area contributed by atoms with E-state index in [-0.39, 0.29) is 17.4 Å². The molecule has 1 aromatic rings. The lowest BCUT2D eigenvalue weighted by atomic mass is 9.84. The van der Waals surface area contributed by atoms with E-state index >= 15 is 0 Å². The molecule has 21 heavy (non-hydrogen) atoms. The van der Waals surface area contributed by atoms with Crippen molar-refractivity contribution in [1.82, 2.24) is 5.32 Å². The van der Waals surface area contributed by atoms with Crippen LogP contribution in [0, 0.1) is 11.3 Å². The van der Waals surface area contributed by atoms with Gasteiger partial charge in [-0.3, -0.25) is 4.79 Å². The van der Waals surface area contributed by atoms with Crippen molar-refractivity contribution in [3.05, 3.63) is 35.9 Å². The van der Waals surface area contributed by atoms with Gasteiger partial charge < -0.3 is 11.1 Å². The van der Waals surface area contributed by atoms with E-state index in [0.29, 0.717) is 18.9 Å². The van der Waals surface area contributed by atoms with E-state index in [0.717, 1.165) is 18.4 Å². The maximum atomic E-state index is 11.9. The fraction of sp³-hybridized carbons (Fsp3) is 0.611. The zero-order chi connectivity index (χ0) is 15.9. The molecule has 0 aliphatic heterocycles. The standard InChI is InChI=1S/C18H30N2O/c1-14(13-18(2,3)4)12-17(21)20-11-10-16(19)15-8-6-5-7-9-15/h5-9,14,16H,10-13,19H2,1-4H3,(H,20,21). The molecular formula is C18H30N2O. The van der Waals surface area contributed by atoms with Gasteiger partial charge in [0.15, 0.2) is 0 Å². The smallest absolute Gasteiger partial charge is 0.220 e. The first-order chi connectivity index (χ1) is 9.78. The second-order valence-corrected chi connectivity index (χ2v) is 7.23. The van der Waals surface area contributed by atoms with Crippen LogP contribution in [0.25, 0.3) is 0 Å². The minimum Gasteiger partial charge on any atom is -0.356 e. The SMILES string of the molecule is CC(CC(=O)NCCC(N)c1ccccc1)CC(C)(C)C. The van der Waals surface area contributed by atoms with Gasteiger partial charge in [-0.1, -0.05) is 58.0 Å². The van der Waals surface area contributed by atoms with Gasteiger partial charge in [0.2, 0.25) is 5.91 Å². The molecule has 0 fully saturated rings. The molecule has 3 N–H and O–H groups in total. The van der Waals surface area contributed by atoms with Gasteiger partial charge in [-0.15, -0.1) is 0 Å². The van der Waals surface area contributed by atoms with Crippen LogP contribution in [0.5, 0.6) is 0 Å². The Morgan fingerprint density at radius 3 is 2.43 bits per heavy atom. The molecule has 1 rings (SSSR count). The van der Waals surface area contributed by atoms with Crippen LogP contribution in [0.15, 0.2) is 30.3 Å². The van der Waals surface area contributed by atoms with Crippen molar-refractivity contribution in [2.75, 3.05) is 6.54 Å². The van der Waals surface area contributed by atoms with E-state index in [9.17, 15) is 4.79 Å². The fourth-order valence-electron chi connectivity index (χ4n) is 2.74. The van der Waals surface area contributed by atoms with Crippen LogP contribution in [0.2, 0.25) is 0 Å². The Hall–Kier alpha value is -1.35. The molecule has 0 saturated heterocycles. The normalized spacial score (nSPS) is 14.5. The monoisotopic (exact) mass is 290 g/mol. The molecule has 0 spiro atoms. The van der Waals surface area contributed by atoms with E-state index < -0.39 is 0 Å². The number of amides is 1. The number of nitrogens with one attached hydrogen (secondary N) is 1. The summed E-state index contributed by atoms with van der Waals surface area (Å²) in [7, 11) is 0. The summed E-state index contributed by atoms with van der Waals surface area (Å²) in [6.45, 7) is 9.40. The van der Waals surface area contributed by atoms with Gasteiger partial charge in [0.05, 0.1) is 0 Å². The molecule has 0 aliphatic rings. The molecule has 0 saturated carbocycles. The summed E-state index contributed by atoms with van der Waals surface area (Å²) in [5.41, 5.74) is 7.51. The third-order valence-corrected chi connectivity index (χ3v) is 3.50. The number of hydrogen-bond acceptors (Lipinski definition) is 2. The first-order valence-corrected chi connectivity index (χ1v) is 7.85. The average molecular weight is 290 g/mol. The molecule has 0 aliphatic carbocycles. The highest BCUT2D eigenvalue weighted by molar-refractivity contribution is 5.76. The van der Waals surface area contributed by atoms with Gasteiger partial charge in [0, 0.05) is 19.0 Å². The third-order valence-electron chi connectivity index (χ3n) is 3.50. The van der Waals surface area contributed by atoms with Crippen molar-refractivity contribution >= 4 is 5.91 Å². The average Bonchev–Trinajstić information content (AvgIpc) is 2.37. The van der Waals surface area contributed by atoms with Gasteiger partial charge in [0.1, 0.15) is 0 Å². The first-order valence-electron chi connectivity index (χ1n) is 7.85. The quantitative estimate of drug-likeness (QED) is 0.805. The van der Waals surface area contributed by atoms with Crippen molar-refractivity contribution in [3.8, 4) is 0 Å². The molecule has 3 nitrogen and oxygen atoms in total. The van der Waals surface area contributed by atoms with Crippen LogP contribution < -0.4 is 11.1 Å². The second-order valence-electron chi connectivity index (χ2n) is 7.23. The summed E-state index contributed by atoms with van der Waals surface area (Å²) >= 11 is 0. The van der Waals surface area contributed by atoms with Crippen LogP contribution in [0.1, 0.15) is 58.6 Å². The van der Waals surface area contributed by atoms with Gasteiger partial charge in [-0.25, -0.2) is 0 Å². The van der Waals surface area contributed by atoms with E-state index in [4.69, 9.17) is 5.73 Å². The minimum atomic E-state index is -0.0153. The van der Waals surface area contributed by atoms with Gasteiger partial charge in [-0.05, 0) is 29.7 Å². The molecule has 0 bridgehead atoms. The molecule has 0 aromatic heterocycles. The third kappa shape index (κ3) is 7.86. The Bertz CT molecular complexity index is 423. The first kappa shape index (κ1) is 17.7. The number of hydrogen-bond donors (Lipinski definition) is 2. The molecule has 0 heterocycles. The van der Waals surface area contributed by atoms with E-state index in [1.165, 1.54) is 0 Å². The fourth-order valence-corrected chi connectivity index (χ4v) is 2.74. The van der Waals surface area contributed by atoms with E-state index in [1.54, 1.807) is 0 Å². The predicted octanol–water partition coefficient (Wildman–Crippen LogP) is 3.66. The predicted molar refractivity (Wildman–Crippen MR) is 88.9 cm³/mol. The number of nitrogens with two attached hydrogens (primary N) is 1. The van der Waals surface area contributed by atoms with Crippen molar-refractivity contribution < 1.29 is 4.79 Å². The Morgan fingerprint density at radius 1 is 1.24 bits per heavy atom. The zero-order valence-electron chi connectivity index (χ0n) is 13.9. The number of carbonyl (C=O) groups is 1. The van der Waals surface area contributed by atoms with Crippen LogP contribution in [0.3, 0.4) is 0 Å². The van der Waals surface area contributed by atoms with Crippen LogP contribution in [-0.4, -0.2) is 12.5 Å². The Kier molecular flexibility index (Phi) is 6.90. The van der Waals surface area contributed by atoms with Crippen LogP contribution >= 0.6 is 0 Å². The molecule has 2 unspecified atom stereocenters. The largest absolute Gasteiger partial charge is 0.356 e. The lowest BCUT2D eigenvalue weighted by Crippen LogP contribution is -2.29. The number of rotatable bonds is 7. The summed E-state index contributed by atoms with van der Waals surface area (Å²) < 4.78 is 0. The van der Waals surface area contributed by atoms with Gasteiger partial charge in [0.25, 0.3) is 0 Å². The Labute approximate surface area is 129 Å². The molecule has 3 heteroatoms. The van der Waals surface area contributed by atoms with Crippen molar-refractivity contribution in [2.24, 2.45) is 17.1 Å². The van der Waals surface area contributed by atoms with Crippen molar-refractivity contribution in [1.29, 1.82) is 0 Å². The van der Waals surface area contributed by atoms with Crippen molar-refractivity contribution in [3.63, 3.8) is 0 Å². The second kappa shape index (κ2) is 8.18. The summed E-state index contributed by atoms with van der Waals surface area (Å²) in [5, 5.41) is 2.98. The highest BCUT2D eigenvalue weighted by Gasteiger charge is 2.17. The Balaban J connectivity index is 2.25. The highest BCUT2D eigenvalue weighted by atomic mass is 16.1. The molecule has 1 aromatic carbocycles. The lowest BCUT2D eigenvalue weighted by molar-refractivity contribution is -0.122. The van der Waals surface area contributed by atoms with E-state index in [1.807, 2.05) is 30.3 Å². The lowest BCUT2D eigenvalue weighted by Gasteiger charge is -2.22. The summed E-state index contributed by atoms with van der Waals surface area (Å²) in [6.07, 6.45) is 2.42. The molecule has 2 atom stereocenters. The van der Waals surface area contributed by atoms with Gasteiger partial charge in [-0.2, -0.15) is 0 Å². The van der Waals surface area contributed by atoms with Crippen molar-refractivity contribution in [2.45, 2.75) is 53.0 Å². The van der Waals surface area contributed by atoms with Gasteiger partial charge >= 0.3 is 0 Å². The molecular weight excluding hydrogens is 260 g/mol. The summed E-state index contributed by atoms with van der Waals surface area (Å²) in [4.78, 5) is 11.9. The minimum absolute atomic E-state index is 0.0153. The molecule has 1 amide bonds. The highest BCUT2D eigenvalue weighted by Crippen LogP contribution is 2.25. The summed E-state index contributed by atoms with van der Waals surface area (Å²) in [5.74, 6) is 0.541. The summed E-state index contributed by atoms with van der Waals surface area (Å²) in [6, 6.07) is 9.99. The zero-order valence-corrected chi connectivity index (χ0v) is 13.9. The molecule has 118 valence electrons. The Morgan fingerprint density at radius 2 is 1.86 bits per heavy atom. The van der Waals surface area contributed by atoms with Crippen LogP contribution in [-0.2, 0) is 4.79 Å². The molecule has 0 radical (unpaired) electrons. The van der Waals surface area contributed by atoms with E-state index in [2.05, 4.69) is 33.0 Å².